The number of aliphatic hydroxyl groups is 18. The van der Waals surface area contributed by atoms with Crippen LogP contribution >= 0.6 is 0 Å². The van der Waals surface area contributed by atoms with Gasteiger partial charge in [-0.15, -0.1) is 0 Å². The molecule has 0 saturated carbocycles. The van der Waals surface area contributed by atoms with E-state index < -0.39 is 247 Å². The second-order valence-electron chi connectivity index (χ2n) is 19.7. The predicted molar refractivity (Wildman–Crippen MR) is 238 cm³/mol. The van der Waals surface area contributed by atoms with Crippen LogP contribution in [0.25, 0.3) is 0 Å². The van der Waals surface area contributed by atoms with Crippen LogP contribution in [0.2, 0.25) is 0 Å². The standard InChI is InChI=1S/C43H72N2O33/c1-10-21(54)27(60)29(62)39(69-10)77-36-28(61)23(56)15(6-47)72-41(36)74-32-20(45-12(3)51)38(75-35-25(58)17(8-49)71-40(31(35)64)76-34-24(57)16(7-48)70-37(65)30(34)63)73-18(26(32)59)9-68-43(42(66)67)4-13(52)19(44-11(2)50)33(78-43)22(55)14(53)5-46/h10,13-41,46-49,52-65H,4-9H2,1-3H3,(H,44,50)(H,45,51)(H,66,67)/t10-,13-,14+,15+,16+,17+,18+,19+,20+,21+,22+,23-,24+,25-,26+,27+,28-,29-,30-,31+,32+,33+,34-,35-,36+,37?,38-,39-,40-,41-,43+/m0/s1. The number of carbonyl (C=O) groups excluding carboxylic acids is 2. The van der Waals surface area contributed by atoms with Crippen LogP contribution in [0.5, 0.6) is 0 Å². The molecule has 0 aromatic heterocycles. The quantitative estimate of drug-likeness (QED) is 0.0538. The molecule has 35 nitrogen and oxygen atoms in total. The van der Waals surface area contributed by atoms with Gasteiger partial charge in [-0.05, 0) is 6.92 Å². The summed E-state index contributed by atoms with van der Waals surface area (Å²) in [7, 11) is 0. The zero-order chi connectivity index (χ0) is 58.0. The molecule has 0 aliphatic carbocycles. The van der Waals surface area contributed by atoms with Crippen molar-refractivity contribution in [2.24, 2.45) is 0 Å². The van der Waals surface area contributed by atoms with Crippen molar-refractivity contribution < 1.29 is 164 Å². The molecule has 1 unspecified atom stereocenters. The molecule has 0 bridgehead atoms. The maximum absolute atomic E-state index is 13.2. The van der Waals surface area contributed by atoms with E-state index in [4.69, 9.17) is 52.1 Å². The predicted octanol–water partition coefficient (Wildman–Crippen LogP) is -13.6. The Morgan fingerprint density at radius 3 is 1.60 bits per heavy atom. The number of hydrogen-bond donors (Lipinski definition) is 21. The van der Waals surface area contributed by atoms with E-state index in [9.17, 15) is 111 Å². The van der Waals surface area contributed by atoms with Crippen LogP contribution in [0.1, 0.15) is 27.2 Å². The molecule has 452 valence electrons. The van der Waals surface area contributed by atoms with Gasteiger partial charge in [0.2, 0.25) is 11.8 Å². The molecular formula is C43H72N2O33. The molecule has 6 fully saturated rings. The van der Waals surface area contributed by atoms with Crippen molar-refractivity contribution in [3.8, 4) is 0 Å². The Hall–Kier alpha value is -2.75. The lowest BCUT2D eigenvalue weighted by atomic mass is 9.88. The molecule has 31 atom stereocenters. The summed E-state index contributed by atoms with van der Waals surface area (Å²) in [4.78, 5) is 38.4. The van der Waals surface area contributed by atoms with E-state index in [1.54, 1.807) is 0 Å². The number of hydrogen-bond acceptors (Lipinski definition) is 32. The lowest BCUT2D eigenvalue weighted by Gasteiger charge is -2.51. The molecule has 6 heterocycles. The smallest absolute Gasteiger partial charge is 0.364 e. The summed E-state index contributed by atoms with van der Waals surface area (Å²) in [6, 6.07) is -3.69. The number of aliphatic hydroxyl groups excluding tert-OH is 18. The number of nitrogens with one attached hydrogen (secondary N) is 2. The maximum atomic E-state index is 13.2. The van der Waals surface area contributed by atoms with Crippen molar-refractivity contribution in [2.45, 2.75) is 217 Å². The van der Waals surface area contributed by atoms with E-state index in [2.05, 4.69) is 10.6 Å². The van der Waals surface area contributed by atoms with Gasteiger partial charge in [0.15, 0.2) is 31.5 Å². The average Bonchev–Trinajstić information content (AvgIpc) is 3.46. The third-order valence-corrected chi connectivity index (χ3v) is 14.2. The number of rotatable bonds is 20. The van der Waals surface area contributed by atoms with Crippen LogP contribution in [0.3, 0.4) is 0 Å². The Morgan fingerprint density at radius 1 is 0.538 bits per heavy atom. The molecule has 6 aliphatic heterocycles. The molecule has 0 aromatic rings. The van der Waals surface area contributed by atoms with Crippen LogP contribution in [-0.4, -0.2) is 338 Å². The molecular weight excluding hydrogens is 1070 g/mol. The lowest BCUT2D eigenvalue weighted by molar-refractivity contribution is -0.392. The molecule has 6 rings (SSSR count). The Balaban J connectivity index is 1.41. The zero-order valence-electron chi connectivity index (χ0n) is 41.8. The fraction of sp³-hybridized carbons (Fsp3) is 0.930. The Morgan fingerprint density at radius 2 is 1.03 bits per heavy atom. The molecule has 0 aromatic carbocycles. The highest BCUT2D eigenvalue weighted by Crippen LogP contribution is 2.39. The summed E-state index contributed by atoms with van der Waals surface area (Å²) in [5, 5.41) is 209. The first-order chi connectivity index (χ1) is 36.6. The van der Waals surface area contributed by atoms with Gasteiger partial charge < -0.3 is 160 Å². The first-order valence-corrected chi connectivity index (χ1v) is 24.6. The molecule has 0 radical (unpaired) electrons. The largest absolute Gasteiger partial charge is 0.477 e. The van der Waals surface area contributed by atoms with Crippen LogP contribution in [0.4, 0.5) is 0 Å². The summed E-state index contributed by atoms with van der Waals surface area (Å²) < 4.78 is 63.1. The molecule has 35 heteroatoms. The van der Waals surface area contributed by atoms with E-state index in [0.717, 1.165) is 13.8 Å². The second-order valence-corrected chi connectivity index (χ2v) is 19.7. The van der Waals surface area contributed by atoms with Crippen molar-refractivity contribution in [2.75, 3.05) is 33.0 Å². The van der Waals surface area contributed by atoms with E-state index in [0.29, 0.717) is 0 Å². The van der Waals surface area contributed by atoms with Gasteiger partial charge in [-0.1, -0.05) is 0 Å². The molecule has 6 saturated heterocycles. The lowest BCUT2D eigenvalue weighted by Crippen LogP contribution is -2.71. The normalized spacial score (nSPS) is 48.1. The highest BCUT2D eigenvalue weighted by atomic mass is 16.8. The van der Waals surface area contributed by atoms with Gasteiger partial charge in [0.1, 0.15) is 134 Å². The summed E-state index contributed by atoms with van der Waals surface area (Å²) in [5.74, 6) is -7.01. The van der Waals surface area contributed by atoms with Crippen LogP contribution in [-0.2, 0) is 66.5 Å². The highest BCUT2D eigenvalue weighted by molar-refractivity contribution is 5.76. The SMILES string of the molecule is CC(=O)N[C@H]1[C@H](O[C@H]2[C@@H](O)[C@@H](CO)O[C@@H](O[C@H]3[C@H](O)[C@@H](CO)OC(O)[C@H]3O)[C@@H]2O)O[C@H](CO[C@]2(C(=O)O)C[C@H](O)[C@@H](NC(C)=O)[C@H]([C@H](O)[C@H](O)CO)O2)[C@@H](O)[C@@H]1O[C@@H]1O[C@H](CO)[C@H](O)[C@H](O)[C@H]1O[C@@H]1O[C@@H](C)[C@@H](O)[C@@H](O)[C@@H]1O. The van der Waals surface area contributed by atoms with E-state index in [1.165, 1.54) is 6.92 Å². The van der Waals surface area contributed by atoms with Crippen LogP contribution in [0.15, 0.2) is 0 Å². The van der Waals surface area contributed by atoms with Crippen LogP contribution < -0.4 is 10.6 Å². The minimum Gasteiger partial charge on any atom is -0.477 e. The number of amides is 2. The first kappa shape index (κ1) is 64.4. The number of carboxylic acid groups (broad SMARTS) is 1. The summed E-state index contributed by atoms with van der Waals surface area (Å²) >= 11 is 0. The van der Waals surface area contributed by atoms with Crippen molar-refractivity contribution in [1.29, 1.82) is 0 Å². The average molecular weight is 1150 g/mol. The third-order valence-electron chi connectivity index (χ3n) is 14.2. The fourth-order valence-electron chi connectivity index (χ4n) is 9.82. The van der Waals surface area contributed by atoms with Gasteiger partial charge in [-0.3, -0.25) is 9.59 Å². The van der Waals surface area contributed by atoms with Crippen molar-refractivity contribution >= 4 is 17.8 Å². The number of aliphatic carboxylic acids is 1. The minimum atomic E-state index is -3.14. The monoisotopic (exact) mass is 1140 g/mol. The zero-order valence-corrected chi connectivity index (χ0v) is 41.8. The second kappa shape index (κ2) is 27.1. The van der Waals surface area contributed by atoms with Gasteiger partial charge >= 0.3 is 5.97 Å². The van der Waals surface area contributed by atoms with Gasteiger partial charge in [0.25, 0.3) is 5.79 Å². The minimum absolute atomic E-state index is 0.835. The summed E-state index contributed by atoms with van der Waals surface area (Å²) in [6.07, 6.45) is -58.0. The first-order valence-electron chi connectivity index (χ1n) is 24.6. The maximum Gasteiger partial charge on any atom is 0.364 e. The van der Waals surface area contributed by atoms with Crippen molar-refractivity contribution in [3.63, 3.8) is 0 Å². The Kier molecular flexibility index (Phi) is 22.4. The third kappa shape index (κ3) is 13.7. The molecule has 21 N–H and O–H groups in total. The summed E-state index contributed by atoms with van der Waals surface area (Å²) in [6.45, 7) is -2.34. The van der Waals surface area contributed by atoms with Crippen LogP contribution in [0, 0.1) is 0 Å². The van der Waals surface area contributed by atoms with Crippen molar-refractivity contribution in [3.05, 3.63) is 0 Å². The van der Waals surface area contributed by atoms with E-state index >= 15 is 0 Å². The van der Waals surface area contributed by atoms with Gasteiger partial charge in [-0.2, -0.15) is 0 Å². The van der Waals surface area contributed by atoms with Gasteiger partial charge in [0, 0.05) is 20.3 Å². The fourth-order valence-corrected chi connectivity index (χ4v) is 9.82. The van der Waals surface area contributed by atoms with Crippen molar-refractivity contribution in [1.82, 2.24) is 10.6 Å². The molecule has 78 heavy (non-hydrogen) atoms. The molecule has 0 spiro atoms. The Bertz CT molecular complexity index is 1950. The van der Waals surface area contributed by atoms with Gasteiger partial charge in [0.05, 0.1) is 51.3 Å². The molecule has 2 amide bonds. The highest BCUT2D eigenvalue weighted by Gasteiger charge is 2.60. The molecule has 6 aliphatic rings. The number of ether oxygens (including phenoxy) is 11. The van der Waals surface area contributed by atoms with Gasteiger partial charge in [-0.25, -0.2) is 4.79 Å². The topological polar surface area (TPSA) is 561 Å². The van der Waals surface area contributed by atoms with E-state index in [-0.39, 0.29) is 0 Å². The Labute approximate surface area is 441 Å². The van der Waals surface area contributed by atoms with E-state index in [1.807, 2.05) is 0 Å². The number of carbonyl (C=O) groups is 3. The summed E-state index contributed by atoms with van der Waals surface area (Å²) in [5.41, 5.74) is 0. The number of carboxylic acids is 1.